The van der Waals surface area contributed by atoms with E-state index < -0.39 is 0 Å². The van der Waals surface area contributed by atoms with Gasteiger partial charge in [0.1, 0.15) is 0 Å². The normalized spacial score (nSPS) is 43.0. The van der Waals surface area contributed by atoms with E-state index in [2.05, 4.69) is 4.90 Å². The third kappa shape index (κ3) is 3.73. The van der Waals surface area contributed by atoms with Crippen LogP contribution in [0.3, 0.4) is 0 Å². The Hall–Kier alpha value is 0.460. The Balaban J connectivity index is 1.84. The molecule has 0 aromatic rings. The van der Waals surface area contributed by atoms with E-state index >= 15 is 0 Å². The van der Waals surface area contributed by atoms with Crippen LogP contribution in [0.15, 0.2) is 0 Å². The summed E-state index contributed by atoms with van der Waals surface area (Å²) in [6, 6.07) is 0. The fourth-order valence-corrected chi connectivity index (χ4v) is 3.78. The van der Waals surface area contributed by atoms with Gasteiger partial charge in [-0.15, -0.1) is 23.2 Å². The van der Waals surface area contributed by atoms with E-state index in [1.807, 2.05) is 0 Å². The lowest BCUT2D eigenvalue weighted by Crippen LogP contribution is -2.46. The fourth-order valence-electron chi connectivity index (χ4n) is 3.16. The summed E-state index contributed by atoms with van der Waals surface area (Å²) in [4.78, 5) is 2.36. The van der Waals surface area contributed by atoms with Crippen molar-refractivity contribution in [3.05, 3.63) is 0 Å². The molecule has 0 radical (unpaired) electrons. The molecule has 1 aliphatic carbocycles. The van der Waals surface area contributed by atoms with Crippen LogP contribution in [0.5, 0.6) is 0 Å². The number of halogens is 2. The van der Waals surface area contributed by atoms with E-state index in [-0.39, 0.29) is 29.4 Å². The second-order valence-electron chi connectivity index (χ2n) is 5.78. The van der Waals surface area contributed by atoms with Crippen LogP contribution in [0.25, 0.3) is 0 Å². The second kappa shape index (κ2) is 6.76. The third-order valence-corrected chi connectivity index (χ3v) is 5.38. The minimum absolute atomic E-state index is 0.0292. The molecule has 5 unspecified atom stereocenters. The molecule has 1 saturated carbocycles. The van der Waals surface area contributed by atoms with Gasteiger partial charge in [0.2, 0.25) is 0 Å². The molecule has 0 aromatic carbocycles. The van der Waals surface area contributed by atoms with Gasteiger partial charge < -0.3 is 15.1 Å². The predicted molar refractivity (Wildman–Crippen MR) is 74.3 cm³/mol. The van der Waals surface area contributed by atoms with Crippen LogP contribution in [0.4, 0.5) is 0 Å². The summed E-state index contributed by atoms with van der Waals surface area (Å²) in [5, 5.41) is 19.2. The van der Waals surface area contributed by atoms with Gasteiger partial charge in [0.25, 0.3) is 0 Å². The van der Waals surface area contributed by atoms with Gasteiger partial charge in [-0.3, -0.25) is 0 Å². The SMILES string of the molecule is OCC1CCCN(CC2CC(Cl)C(Cl)CC2O)C1. The maximum absolute atomic E-state index is 10.1. The molecular formula is C13H23Cl2NO2. The molecule has 2 aliphatic rings. The largest absolute Gasteiger partial charge is 0.396 e. The number of rotatable bonds is 3. The van der Waals surface area contributed by atoms with Crippen molar-refractivity contribution < 1.29 is 10.2 Å². The van der Waals surface area contributed by atoms with E-state index in [9.17, 15) is 10.2 Å². The van der Waals surface area contributed by atoms with Gasteiger partial charge in [0, 0.05) is 19.7 Å². The smallest absolute Gasteiger partial charge is 0.0595 e. The summed E-state index contributed by atoms with van der Waals surface area (Å²) in [6.45, 7) is 3.16. The summed E-state index contributed by atoms with van der Waals surface area (Å²) >= 11 is 12.3. The first-order valence-corrected chi connectivity index (χ1v) is 7.77. The molecule has 106 valence electrons. The lowest BCUT2D eigenvalue weighted by atomic mass is 9.85. The maximum Gasteiger partial charge on any atom is 0.0595 e. The zero-order valence-electron chi connectivity index (χ0n) is 10.6. The van der Waals surface area contributed by atoms with Crippen LogP contribution in [-0.2, 0) is 0 Å². The number of hydrogen-bond acceptors (Lipinski definition) is 3. The lowest BCUT2D eigenvalue weighted by molar-refractivity contribution is 0.0331. The molecule has 5 atom stereocenters. The fraction of sp³-hybridized carbons (Fsp3) is 1.00. The van der Waals surface area contributed by atoms with Gasteiger partial charge in [0.05, 0.1) is 16.9 Å². The van der Waals surface area contributed by atoms with E-state index in [0.717, 1.165) is 38.9 Å². The molecule has 0 bridgehead atoms. The highest BCUT2D eigenvalue weighted by atomic mass is 35.5. The van der Waals surface area contributed by atoms with Crippen molar-refractivity contribution in [3.8, 4) is 0 Å². The highest BCUT2D eigenvalue weighted by molar-refractivity contribution is 6.30. The number of piperidine rings is 1. The minimum atomic E-state index is -0.336. The predicted octanol–water partition coefficient (Wildman–Crippen LogP) is 1.68. The van der Waals surface area contributed by atoms with Crippen LogP contribution in [0.1, 0.15) is 25.7 Å². The van der Waals surface area contributed by atoms with Crippen LogP contribution in [0, 0.1) is 11.8 Å². The molecule has 2 fully saturated rings. The van der Waals surface area contributed by atoms with Gasteiger partial charge in [-0.1, -0.05) is 0 Å². The lowest BCUT2D eigenvalue weighted by Gasteiger charge is -2.39. The van der Waals surface area contributed by atoms with E-state index in [1.54, 1.807) is 0 Å². The zero-order valence-corrected chi connectivity index (χ0v) is 12.2. The average Bonchev–Trinajstić information content (AvgIpc) is 2.36. The highest BCUT2D eigenvalue weighted by Gasteiger charge is 2.35. The van der Waals surface area contributed by atoms with Gasteiger partial charge >= 0.3 is 0 Å². The molecule has 0 spiro atoms. The minimum Gasteiger partial charge on any atom is -0.396 e. The molecular weight excluding hydrogens is 273 g/mol. The highest BCUT2D eigenvalue weighted by Crippen LogP contribution is 2.33. The van der Waals surface area contributed by atoms with Crippen molar-refractivity contribution in [1.29, 1.82) is 0 Å². The molecule has 1 saturated heterocycles. The maximum atomic E-state index is 10.1. The average molecular weight is 296 g/mol. The molecule has 3 nitrogen and oxygen atoms in total. The summed E-state index contributed by atoms with van der Waals surface area (Å²) in [5.41, 5.74) is 0. The van der Waals surface area contributed by atoms with Crippen molar-refractivity contribution in [2.45, 2.75) is 42.5 Å². The van der Waals surface area contributed by atoms with Crippen molar-refractivity contribution in [3.63, 3.8) is 0 Å². The Morgan fingerprint density at radius 2 is 1.89 bits per heavy atom. The van der Waals surface area contributed by atoms with Crippen molar-refractivity contribution in [2.75, 3.05) is 26.2 Å². The first-order chi connectivity index (χ1) is 8.60. The Bertz CT molecular complexity index is 267. The van der Waals surface area contributed by atoms with E-state index in [4.69, 9.17) is 23.2 Å². The van der Waals surface area contributed by atoms with Crippen LogP contribution in [0.2, 0.25) is 0 Å². The number of alkyl halides is 2. The number of hydrogen-bond donors (Lipinski definition) is 2. The third-order valence-electron chi connectivity index (χ3n) is 4.29. The molecule has 1 aliphatic heterocycles. The quantitative estimate of drug-likeness (QED) is 0.779. The second-order valence-corrected chi connectivity index (χ2v) is 6.90. The first kappa shape index (κ1) is 14.9. The molecule has 5 heteroatoms. The zero-order chi connectivity index (χ0) is 13.1. The van der Waals surface area contributed by atoms with E-state index in [1.165, 1.54) is 0 Å². The number of likely N-dealkylation sites (tertiary alicyclic amines) is 1. The van der Waals surface area contributed by atoms with Crippen molar-refractivity contribution >= 4 is 23.2 Å². The molecule has 2 N–H and O–H groups in total. The van der Waals surface area contributed by atoms with E-state index in [0.29, 0.717) is 12.3 Å². The van der Waals surface area contributed by atoms with Gasteiger partial charge in [-0.05, 0) is 44.1 Å². The molecule has 0 aromatic heterocycles. The van der Waals surface area contributed by atoms with Crippen LogP contribution < -0.4 is 0 Å². The van der Waals surface area contributed by atoms with Crippen LogP contribution in [-0.4, -0.2) is 58.2 Å². The molecule has 2 rings (SSSR count). The monoisotopic (exact) mass is 295 g/mol. The van der Waals surface area contributed by atoms with Gasteiger partial charge in [-0.2, -0.15) is 0 Å². The summed E-state index contributed by atoms with van der Waals surface area (Å²) in [5.74, 6) is 0.618. The summed E-state index contributed by atoms with van der Waals surface area (Å²) in [6.07, 6.45) is 3.30. The van der Waals surface area contributed by atoms with Gasteiger partial charge in [-0.25, -0.2) is 0 Å². The molecule has 18 heavy (non-hydrogen) atoms. The number of aliphatic hydroxyl groups excluding tert-OH is 2. The number of nitrogens with zero attached hydrogens (tertiary/aromatic N) is 1. The summed E-state index contributed by atoms with van der Waals surface area (Å²) < 4.78 is 0. The van der Waals surface area contributed by atoms with Gasteiger partial charge in [0.15, 0.2) is 0 Å². The Labute approximate surface area is 119 Å². The van der Waals surface area contributed by atoms with Crippen LogP contribution >= 0.6 is 23.2 Å². The molecule has 1 heterocycles. The van der Waals surface area contributed by atoms with Crippen molar-refractivity contribution in [2.24, 2.45) is 11.8 Å². The molecule has 0 amide bonds. The standard InChI is InChI=1S/C13H23Cl2NO2/c14-11-4-10(13(18)5-12(11)15)7-16-3-1-2-9(6-16)8-17/h9-13,17-18H,1-8H2. The Morgan fingerprint density at radius 1 is 1.17 bits per heavy atom. The van der Waals surface area contributed by atoms with Crippen molar-refractivity contribution in [1.82, 2.24) is 4.90 Å². The summed E-state index contributed by atoms with van der Waals surface area (Å²) in [7, 11) is 0. The topological polar surface area (TPSA) is 43.7 Å². The first-order valence-electron chi connectivity index (χ1n) is 6.89. The number of aliphatic hydroxyl groups is 2. The Morgan fingerprint density at radius 3 is 2.61 bits per heavy atom. The Kier molecular flexibility index (Phi) is 5.58.